The molecule has 0 radical (unpaired) electrons. The summed E-state index contributed by atoms with van der Waals surface area (Å²) >= 11 is 1.48. The molecule has 4 aromatic rings. The zero-order valence-electron chi connectivity index (χ0n) is 15.6. The summed E-state index contributed by atoms with van der Waals surface area (Å²) in [7, 11) is 1.65. The van der Waals surface area contributed by atoms with Crippen molar-refractivity contribution in [1.29, 1.82) is 0 Å². The molecule has 5 nitrogen and oxygen atoms in total. The van der Waals surface area contributed by atoms with Gasteiger partial charge in [-0.3, -0.25) is 14.3 Å². The maximum atomic E-state index is 13.2. The second-order valence-electron chi connectivity index (χ2n) is 6.32. The Morgan fingerprint density at radius 3 is 2.61 bits per heavy atom. The Hall–Kier alpha value is -3.12. The standard InChI is InChI=1S/C22H19N3O2S/c1-15-13-23-16(12-20(15)27-2)14-28-22-24-19-11-7-6-10-18(19)21(26)25(22)17-8-4-3-5-9-17/h3-13H,14H2,1-2H3. The number of hydrogen-bond donors (Lipinski definition) is 0. The summed E-state index contributed by atoms with van der Waals surface area (Å²) in [4.78, 5) is 22.4. The molecule has 0 amide bonds. The maximum Gasteiger partial charge on any atom is 0.266 e. The van der Waals surface area contributed by atoms with Crippen LogP contribution in [0, 0.1) is 6.92 Å². The lowest BCUT2D eigenvalue weighted by atomic mass is 10.2. The number of nitrogens with zero attached hydrogens (tertiary/aromatic N) is 3. The van der Waals surface area contributed by atoms with Gasteiger partial charge in [-0.2, -0.15) is 0 Å². The van der Waals surface area contributed by atoms with E-state index in [1.54, 1.807) is 17.9 Å². The third-order valence-electron chi connectivity index (χ3n) is 4.44. The number of ether oxygens (including phenoxy) is 1. The predicted molar refractivity (Wildman–Crippen MR) is 112 cm³/mol. The highest BCUT2D eigenvalue weighted by molar-refractivity contribution is 7.98. The first-order valence-electron chi connectivity index (χ1n) is 8.87. The summed E-state index contributed by atoms with van der Waals surface area (Å²) in [6.45, 7) is 1.96. The van der Waals surface area contributed by atoms with E-state index in [1.165, 1.54) is 11.8 Å². The molecule has 0 aliphatic rings. The minimum Gasteiger partial charge on any atom is -0.496 e. The van der Waals surface area contributed by atoms with E-state index in [4.69, 9.17) is 9.72 Å². The smallest absolute Gasteiger partial charge is 0.266 e. The van der Waals surface area contributed by atoms with Crippen LogP contribution in [0.2, 0.25) is 0 Å². The van der Waals surface area contributed by atoms with Crippen LogP contribution in [0.4, 0.5) is 0 Å². The van der Waals surface area contributed by atoms with Gasteiger partial charge in [-0.1, -0.05) is 42.1 Å². The number of benzene rings is 2. The van der Waals surface area contributed by atoms with Crippen LogP contribution in [0.5, 0.6) is 5.75 Å². The highest BCUT2D eigenvalue weighted by Gasteiger charge is 2.14. The average molecular weight is 389 g/mol. The Kier molecular flexibility index (Phi) is 5.12. The number of rotatable bonds is 5. The zero-order chi connectivity index (χ0) is 19.5. The van der Waals surface area contributed by atoms with Crippen molar-refractivity contribution in [3.05, 3.63) is 88.5 Å². The van der Waals surface area contributed by atoms with Gasteiger partial charge in [0.25, 0.3) is 5.56 Å². The number of aryl methyl sites for hydroxylation is 1. The number of hydrogen-bond acceptors (Lipinski definition) is 5. The highest BCUT2D eigenvalue weighted by Crippen LogP contribution is 2.26. The topological polar surface area (TPSA) is 57.0 Å². The molecule has 2 aromatic heterocycles. The number of methoxy groups -OCH3 is 1. The van der Waals surface area contributed by atoms with Gasteiger partial charge in [0.05, 0.1) is 29.4 Å². The summed E-state index contributed by atoms with van der Waals surface area (Å²) in [6.07, 6.45) is 1.80. The maximum absolute atomic E-state index is 13.2. The molecule has 0 unspecified atom stereocenters. The van der Waals surface area contributed by atoms with Crippen molar-refractivity contribution < 1.29 is 4.74 Å². The summed E-state index contributed by atoms with van der Waals surface area (Å²) in [5.41, 5.74) is 3.27. The van der Waals surface area contributed by atoms with Gasteiger partial charge in [0.2, 0.25) is 0 Å². The van der Waals surface area contributed by atoms with Gasteiger partial charge >= 0.3 is 0 Å². The van der Waals surface area contributed by atoms with Crippen molar-refractivity contribution in [2.24, 2.45) is 0 Å². The minimum absolute atomic E-state index is 0.0752. The first kappa shape index (κ1) is 18.3. The lowest BCUT2D eigenvalue weighted by molar-refractivity contribution is 0.410. The van der Waals surface area contributed by atoms with Gasteiger partial charge < -0.3 is 4.74 Å². The van der Waals surface area contributed by atoms with E-state index in [1.807, 2.05) is 67.6 Å². The Morgan fingerprint density at radius 1 is 1.07 bits per heavy atom. The molecular formula is C22H19N3O2S. The molecule has 0 N–H and O–H groups in total. The molecule has 0 saturated carbocycles. The van der Waals surface area contributed by atoms with Gasteiger partial charge in [0.15, 0.2) is 5.16 Å². The summed E-state index contributed by atoms with van der Waals surface area (Å²) < 4.78 is 7.05. The molecule has 4 rings (SSSR count). The summed E-state index contributed by atoms with van der Waals surface area (Å²) in [5, 5.41) is 1.24. The fraction of sp³-hybridized carbons (Fsp3) is 0.136. The van der Waals surface area contributed by atoms with E-state index in [-0.39, 0.29) is 5.56 Å². The Labute approximate surface area is 167 Å². The number of para-hydroxylation sites is 2. The fourth-order valence-corrected chi connectivity index (χ4v) is 3.91. The second kappa shape index (κ2) is 7.86. The van der Waals surface area contributed by atoms with Crippen molar-refractivity contribution in [3.8, 4) is 11.4 Å². The van der Waals surface area contributed by atoms with Gasteiger partial charge in [-0.05, 0) is 31.2 Å². The lowest BCUT2D eigenvalue weighted by Crippen LogP contribution is -2.21. The molecule has 0 spiro atoms. The molecule has 6 heteroatoms. The van der Waals surface area contributed by atoms with E-state index in [0.29, 0.717) is 21.8 Å². The van der Waals surface area contributed by atoms with Crippen LogP contribution in [0.1, 0.15) is 11.3 Å². The fourth-order valence-electron chi connectivity index (χ4n) is 3.00. The third-order valence-corrected chi connectivity index (χ3v) is 5.41. The second-order valence-corrected chi connectivity index (χ2v) is 7.26. The normalized spacial score (nSPS) is 10.9. The van der Waals surface area contributed by atoms with Crippen LogP contribution >= 0.6 is 11.8 Å². The molecular weight excluding hydrogens is 370 g/mol. The van der Waals surface area contributed by atoms with Crippen LogP contribution in [0.3, 0.4) is 0 Å². The molecule has 0 aliphatic carbocycles. The lowest BCUT2D eigenvalue weighted by Gasteiger charge is -2.13. The molecule has 2 aromatic carbocycles. The largest absolute Gasteiger partial charge is 0.496 e. The van der Waals surface area contributed by atoms with E-state index in [2.05, 4.69) is 4.98 Å². The molecule has 2 heterocycles. The number of fused-ring (bicyclic) bond motifs is 1. The van der Waals surface area contributed by atoms with Crippen LogP contribution < -0.4 is 10.3 Å². The molecule has 0 aliphatic heterocycles. The summed E-state index contributed by atoms with van der Waals surface area (Å²) in [6, 6.07) is 18.9. The van der Waals surface area contributed by atoms with Crippen molar-refractivity contribution in [2.75, 3.05) is 7.11 Å². The molecule has 0 atom stereocenters. The van der Waals surface area contributed by atoms with Crippen molar-refractivity contribution in [1.82, 2.24) is 14.5 Å². The monoisotopic (exact) mass is 389 g/mol. The van der Waals surface area contributed by atoms with E-state index in [0.717, 1.165) is 22.7 Å². The molecule has 0 bridgehead atoms. The van der Waals surface area contributed by atoms with Gasteiger partial charge in [-0.15, -0.1) is 0 Å². The van der Waals surface area contributed by atoms with Crippen LogP contribution in [-0.4, -0.2) is 21.6 Å². The third kappa shape index (κ3) is 3.51. The molecule has 0 saturated heterocycles. The highest BCUT2D eigenvalue weighted by atomic mass is 32.2. The van der Waals surface area contributed by atoms with Gasteiger partial charge in [0.1, 0.15) is 5.75 Å². The van der Waals surface area contributed by atoms with Crippen LogP contribution in [0.25, 0.3) is 16.6 Å². The van der Waals surface area contributed by atoms with Crippen molar-refractivity contribution in [2.45, 2.75) is 17.8 Å². The minimum atomic E-state index is -0.0752. The van der Waals surface area contributed by atoms with E-state index >= 15 is 0 Å². The average Bonchev–Trinajstić information content (AvgIpc) is 2.74. The van der Waals surface area contributed by atoms with Crippen molar-refractivity contribution >= 4 is 22.7 Å². The molecule has 0 fully saturated rings. The Morgan fingerprint density at radius 2 is 1.82 bits per heavy atom. The SMILES string of the molecule is COc1cc(CSc2nc3ccccc3c(=O)n2-c2ccccc2)ncc1C. The predicted octanol–water partition coefficient (Wildman–Crippen LogP) is 4.39. The quantitative estimate of drug-likeness (QED) is 0.374. The molecule has 28 heavy (non-hydrogen) atoms. The van der Waals surface area contributed by atoms with Gasteiger partial charge in [0, 0.05) is 23.6 Å². The Balaban J connectivity index is 1.78. The van der Waals surface area contributed by atoms with Crippen LogP contribution in [-0.2, 0) is 5.75 Å². The van der Waals surface area contributed by atoms with E-state index in [9.17, 15) is 4.79 Å². The van der Waals surface area contributed by atoms with E-state index < -0.39 is 0 Å². The Bertz CT molecular complexity index is 1190. The van der Waals surface area contributed by atoms with Crippen molar-refractivity contribution in [3.63, 3.8) is 0 Å². The number of thioether (sulfide) groups is 1. The zero-order valence-corrected chi connectivity index (χ0v) is 16.4. The van der Waals surface area contributed by atoms with Gasteiger partial charge in [-0.25, -0.2) is 4.98 Å². The number of aromatic nitrogens is 3. The number of pyridine rings is 1. The summed E-state index contributed by atoms with van der Waals surface area (Å²) in [5.74, 6) is 1.38. The first-order chi connectivity index (χ1) is 13.7. The van der Waals surface area contributed by atoms with Crippen LogP contribution in [0.15, 0.2) is 76.8 Å². The molecule has 140 valence electrons. The first-order valence-corrected chi connectivity index (χ1v) is 9.85.